The molecule has 0 radical (unpaired) electrons. The van der Waals surface area contributed by atoms with E-state index in [1.54, 1.807) is 0 Å². The quantitative estimate of drug-likeness (QED) is 0.392. The minimum atomic E-state index is -1.33. The number of hydrogen-bond acceptors (Lipinski definition) is 4. The average Bonchev–Trinajstić information content (AvgIpc) is 2.81. The Hall–Kier alpha value is -3.71. The monoisotopic (exact) mass is 434 g/mol. The molecule has 0 fully saturated rings. The van der Waals surface area contributed by atoms with E-state index in [4.69, 9.17) is 0 Å². The maximum atomic E-state index is 12.9. The van der Waals surface area contributed by atoms with E-state index in [2.05, 4.69) is 10.6 Å². The zero-order chi connectivity index (χ0) is 22.9. The lowest BCUT2D eigenvalue weighted by Gasteiger charge is -2.22. The third kappa shape index (κ3) is 6.39. The first kappa shape index (κ1) is 23.0. The van der Waals surface area contributed by atoms with Crippen molar-refractivity contribution in [3.05, 3.63) is 83.9 Å². The molecule has 32 heavy (non-hydrogen) atoms. The van der Waals surface area contributed by atoms with Gasteiger partial charge in [0.2, 0.25) is 5.91 Å². The van der Waals surface area contributed by atoms with Gasteiger partial charge in [-0.05, 0) is 34.7 Å². The maximum absolute atomic E-state index is 12.9. The molecule has 0 spiro atoms. The third-order valence-corrected chi connectivity index (χ3v) is 5.29. The lowest BCUT2D eigenvalue weighted by Crippen LogP contribution is -2.52. The predicted octanol–water partition coefficient (Wildman–Crippen LogP) is 2.70. The molecule has 0 aliphatic rings. The molecule has 2 unspecified atom stereocenters. The normalized spacial score (nSPS) is 12.7. The van der Waals surface area contributed by atoms with Crippen LogP contribution in [0.15, 0.2) is 72.8 Å². The fourth-order valence-corrected chi connectivity index (χ4v) is 3.61. The van der Waals surface area contributed by atoms with Gasteiger partial charge in [0, 0.05) is 6.42 Å². The van der Waals surface area contributed by atoms with E-state index in [0.717, 1.165) is 21.9 Å². The highest BCUT2D eigenvalue weighted by molar-refractivity contribution is 5.92. The third-order valence-electron chi connectivity index (χ3n) is 5.29. The second-order valence-electron chi connectivity index (χ2n) is 7.60. The molecule has 0 saturated carbocycles. The van der Waals surface area contributed by atoms with Crippen LogP contribution in [0.1, 0.15) is 17.5 Å². The zero-order valence-corrected chi connectivity index (χ0v) is 17.5. The Morgan fingerprint density at radius 1 is 0.781 bits per heavy atom. The topological polar surface area (TPSA) is 116 Å². The molecule has 0 aliphatic heterocycles. The fraction of sp³-hybridized carbons (Fsp3) is 0.240. The standard InChI is InChI=1S/C25H26N2O5/c28-16-23(29)21(13-11-17-6-2-1-3-7-17)26-24(30)22(27-25(31)32)15-18-10-12-19-8-4-5-9-20(19)14-18/h1-10,12,14,21-22,27-28H,11,13,15-16H2,(H,26,30)(H,31,32). The smallest absolute Gasteiger partial charge is 0.405 e. The molecule has 0 heterocycles. The van der Waals surface area contributed by atoms with E-state index in [9.17, 15) is 24.6 Å². The zero-order valence-electron chi connectivity index (χ0n) is 17.5. The van der Waals surface area contributed by atoms with E-state index in [-0.39, 0.29) is 6.42 Å². The second kappa shape index (κ2) is 11.1. The van der Waals surface area contributed by atoms with Crippen LogP contribution in [0.25, 0.3) is 10.8 Å². The first-order valence-electron chi connectivity index (χ1n) is 10.4. The molecule has 0 bridgehead atoms. The summed E-state index contributed by atoms with van der Waals surface area (Å²) in [5.74, 6) is -1.13. The molecular formula is C25H26N2O5. The molecular weight excluding hydrogens is 408 g/mol. The van der Waals surface area contributed by atoms with E-state index < -0.39 is 36.5 Å². The number of aliphatic hydroxyl groups excluding tert-OH is 1. The minimum Gasteiger partial charge on any atom is -0.465 e. The highest BCUT2D eigenvalue weighted by atomic mass is 16.4. The van der Waals surface area contributed by atoms with Gasteiger partial charge in [-0.2, -0.15) is 0 Å². The molecule has 0 saturated heterocycles. The summed E-state index contributed by atoms with van der Waals surface area (Å²) in [6.45, 7) is -0.707. The van der Waals surface area contributed by atoms with Crippen molar-refractivity contribution in [3.8, 4) is 0 Å². The highest BCUT2D eigenvalue weighted by Crippen LogP contribution is 2.17. The number of nitrogens with one attached hydrogen (secondary N) is 2. The van der Waals surface area contributed by atoms with E-state index in [1.807, 2.05) is 72.8 Å². The summed E-state index contributed by atoms with van der Waals surface area (Å²) >= 11 is 0. The SMILES string of the molecule is O=C(O)NC(Cc1ccc2ccccc2c1)C(=O)NC(CCc1ccccc1)C(=O)CO. The molecule has 2 atom stereocenters. The summed E-state index contributed by atoms with van der Waals surface area (Å²) in [6, 6.07) is 20.9. The number of carbonyl (C=O) groups excluding carboxylic acids is 2. The Kier molecular flexibility index (Phi) is 7.94. The van der Waals surface area contributed by atoms with Crippen molar-refractivity contribution >= 4 is 28.6 Å². The van der Waals surface area contributed by atoms with Crippen LogP contribution in [-0.2, 0) is 22.4 Å². The minimum absolute atomic E-state index is 0.127. The Morgan fingerprint density at radius 3 is 2.16 bits per heavy atom. The van der Waals surface area contributed by atoms with Crippen LogP contribution in [0.2, 0.25) is 0 Å². The van der Waals surface area contributed by atoms with Crippen LogP contribution in [0.5, 0.6) is 0 Å². The van der Waals surface area contributed by atoms with E-state index in [1.165, 1.54) is 0 Å². The summed E-state index contributed by atoms with van der Waals surface area (Å²) in [5, 5.41) is 25.4. The number of aryl methyl sites for hydroxylation is 1. The molecule has 7 nitrogen and oxygen atoms in total. The molecule has 2 amide bonds. The Bertz CT molecular complexity index is 1080. The highest BCUT2D eigenvalue weighted by Gasteiger charge is 2.26. The van der Waals surface area contributed by atoms with Gasteiger partial charge in [-0.3, -0.25) is 9.59 Å². The van der Waals surface area contributed by atoms with Crippen LogP contribution in [0, 0.1) is 0 Å². The van der Waals surface area contributed by atoms with Crippen molar-refractivity contribution in [2.24, 2.45) is 0 Å². The maximum Gasteiger partial charge on any atom is 0.405 e. The van der Waals surface area contributed by atoms with Crippen molar-refractivity contribution in [1.82, 2.24) is 10.6 Å². The number of amides is 2. The molecule has 3 aromatic rings. The van der Waals surface area contributed by atoms with Crippen molar-refractivity contribution in [3.63, 3.8) is 0 Å². The number of rotatable bonds is 10. The fourth-order valence-electron chi connectivity index (χ4n) is 3.61. The van der Waals surface area contributed by atoms with Crippen LogP contribution in [0.4, 0.5) is 4.79 Å². The molecule has 0 aliphatic carbocycles. The van der Waals surface area contributed by atoms with Crippen molar-refractivity contribution in [2.75, 3.05) is 6.61 Å². The lowest BCUT2D eigenvalue weighted by atomic mass is 9.99. The van der Waals surface area contributed by atoms with Crippen LogP contribution < -0.4 is 10.6 Å². The van der Waals surface area contributed by atoms with Crippen LogP contribution in [-0.4, -0.2) is 46.7 Å². The molecule has 4 N–H and O–H groups in total. The van der Waals surface area contributed by atoms with Crippen LogP contribution in [0.3, 0.4) is 0 Å². The van der Waals surface area contributed by atoms with Crippen LogP contribution >= 0.6 is 0 Å². The number of hydrogen-bond donors (Lipinski definition) is 4. The van der Waals surface area contributed by atoms with Gasteiger partial charge in [-0.1, -0.05) is 72.8 Å². The molecule has 166 valence electrons. The van der Waals surface area contributed by atoms with Gasteiger partial charge >= 0.3 is 6.09 Å². The van der Waals surface area contributed by atoms with Gasteiger partial charge in [0.15, 0.2) is 5.78 Å². The lowest BCUT2D eigenvalue weighted by molar-refractivity contribution is -0.130. The van der Waals surface area contributed by atoms with Gasteiger partial charge in [0.1, 0.15) is 12.6 Å². The first-order chi connectivity index (χ1) is 15.5. The van der Waals surface area contributed by atoms with Crippen molar-refractivity contribution in [2.45, 2.75) is 31.3 Å². The number of benzene rings is 3. The molecule has 3 rings (SSSR count). The van der Waals surface area contributed by atoms with Crippen molar-refractivity contribution in [1.29, 1.82) is 0 Å². The summed E-state index contributed by atoms with van der Waals surface area (Å²) in [7, 11) is 0. The first-order valence-corrected chi connectivity index (χ1v) is 10.4. The summed E-state index contributed by atoms with van der Waals surface area (Å²) in [6.07, 6.45) is -0.383. The number of carboxylic acid groups (broad SMARTS) is 1. The Labute approximate surface area is 186 Å². The number of ketones is 1. The largest absolute Gasteiger partial charge is 0.465 e. The molecule has 3 aromatic carbocycles. The Morgan fingerprint density at radius 2 is 1.47 bits per heavy atom. The number of aliphatic hydroxyl groups is 1. The predicted molar refractivity (Wildman–Crippen MR) is 121 cm³/mol. The number of Topliss-reactive ketones (excluding diaryl/α,β-unsaturated/α-hetero) is 1. The van der Waals surface area contributed by atoms with E-state index >= 15 is 0 Å². The summed E-state index contributed by atoms with van der Waals surface area (Å²) < 4.78 is 0. The van der Waals surface area contributed by atoms with Gasteiger partial charge in [0.05, 0.1) is 6.04 Å². The number of fused-ring (bicyclic) bond motifs is 1. The Balaban J connectivity index is 1.73. The van der Waals surface area contributed by atoms with Gasteiger partial charge in [-0.25, -0.2) is 4.79 Å². The van der Waals surface area contributed by atoms with Crippen molar-refractivity contribution < 1.29 is 24.6 Å². The van der Waals surface area contributed by atoms with E-state index in [0.29, 0.717) is 12.8 Å². The summed E-state index contributed by atoms with van der Waals surface area (Å²) in [4.78, 5) is 36.4. The van der Waals surface area contributed by atoms with Gasteiger partial charge in [-0.15, -0.1) is 0 Å². The molecule has 7 heteroatoms. The second-order valence-corrected chi connectivity index (χ2v) is 7.60. The number of carbonyl (C=O) groups is 3. The van der Waals surface area contributed by atoms with Gasteiger partial charge < -0.3 is 20.8 Å². The van der Waals surface area contributed by atoms with Gasteiger partial charge in [0.25, 0.3) is 0 Å². The summed E-state index contributed by atoms with van der Waals surface area (Å²) in [5.41, 5.74) is 1.78. The molecule has 0 aromatic heterocycles. The average molecular weight is 434 g/mol.